The number of aliphatic imine (C=N–C) groups is 1. The smallest absolute Gasteiger partial charge is 0.161 e. The largest absolute Gasteiger partial charge is 0.504 e. The minimum Gasteiger partial charge on any atom is -0.504 e. The van der Waals surface area contributed by atoms with Gasteiger partial charge in [-0.1, -0.05) is 18.2 Å². The first-order valence-electron chi connectivity index (χ1n) is 7.07. The first-order valence-corrected chi connectivity index (χ1v) is 7.07. The van der Waals surface area contributed by atoms with Gasteiger partial charge in [-0.05, 0) is 35.9 Å². The van der Waals surface area contributed by atoms with Crippen molar-refractivity contribution in [3.8, 4) is 11.5 Å². The van der Waals surface area contributed by atoms with E-state index in [0.717, 1.165) is 30.1 Å². The number of methoxy groups -OCH3 is 1. The Kier molecular flexibility index (Phi) is 4.05. The van der Waals surface area contributed by atoms with Crippen molar-refractivity contribution in [3.05, 3.63) is 54.1 Å². The van der Waals surface area contributed by atoms with E-state index in [0.29, 0.717) is 5.75 Å². The number of nitrogens with zero attached hydrogens (tertiary/aromatic N) is 3. The first kappa shape index (κ1) is 14.1. The fraction of sp³-hybridized carbons (Fsp3) is 0.176. The second-order valence-corrected chi connectivity index (χ2v) is 4.91. The molecule has 0 spiro atoms. The SMILES string of the molecule is COc1cc(C=NC2=NN(c3ccccc3)CC2)ccc1O. The second kappa shape index (κ2) is 6.30. The molecule has 2 aromatic carbocycles. The number of phenols is 1. The Balaban J connectivity index is 1.73. The van der Waals surface area contributed by atoms with Crippen LogP contribution in [0.2, 0.25) is 0 Å². The minimum absolute atomic E-state index is 0.119. The van der Waals surface area contributed by atoms with Gasteiger partial charge in [0.25, 0.3) is 0 Å². The lowest BCUT2D eigenvalue weighted by Gasteiger charge is -2.11. The number of hydrogen-bond acceptors (Lipinski definition) is 5. The molecule has 0 amide bonds. The molecule has 0 aliphatic carbocycles. The van der Waals surface area contributed by atoms with Crippen LogP contribution in [0.25, 0.3) is 0 Å². The van der Waals surface area contributed by atoms with Gasteiger partial charge in [-0.2, -0.15) is 5.10 Å². The molecular formula is C17H17N3O2. The number of hydrogen-bond donors (Lipinski definition) is 1. The molecule has 112 valence electrons. The lowest BCUT2D eigenvalue weighted by molar-refractivity contribution is 0.373. The molecule has 1 aliphatic rings. The summed E-state index contributed by atoms with van der Waals surface area (Å²) in [6, 6.07) is 15.1. The minimum atomic E-state index is 0.119. The fourth-order valence-corrected chi connectivity index (χ4v) is 2.25. The van der Waals surface area contributed by atoms with Crippen molar-refractivity contribution < 1.29 is 9.84 Å². The Morgan fingerprint density at radius 1 is 1.23 bits per heavy atom. The molecule has 1 aliphatic heterocycles. The maximum Gasteiger partial charge on any atom is 0.161 e. The fourth-order valence-electron chi connectivity index (χ4n) is 2.25. The van der Waals surface area contributed by atoms with Gasteiger partial charge in [0.15, 0.2) is 17.3 Å². The standard InChI is InChI=1S/C17H17N3O2/c1-22-16-11-13(7-8-15(16)21)12-18-17-9-10-20(19-17)14-5-3-2-4-6-14/h2-8,11-12,21H,9-10H2,1H3. The van der Waals surface area contributed by atoms with Crippen LogP contribution in [-0.4, -0.2) is 30.8 Å². The van der Waals surface area contributed by atoms with Crippen LogP contribution in [0.3, 0.4) is 0 Å². The summed E-state index contributed by atoms with van der Waals surface area (Å²) in [6.45, 7) is 0.829. The maximum absolute atomic E-state index is 9.58. The van der Waals surface area contributed by atoms with Crippen molar-refractivity contribution in [1.82, 2.24) is 0 Å². The van der Waals surface area contributed by atoms with Crippen molar-refractivity contribution in [2.45, 2.75) is 6.42 Å². The third-order valence-electron chi connectivity index (χ3n) is 3.40. The van der Waals surface area contributed by atoms with E-state index in [1.54, 1.807) is 24.4 Å². The van der Waals surface area contributed by atoms with Gasteiger partial charge >= 0.3 is 0 Å². The number of benzene rings is 2. The Labute approximate surface area is 129 Å². The summed E-state index contributed by atoms with van der Waals surface area (Å²) < 4.78 is 5.08. The van der Waals surface area contributed by atoms with Gasteiger partial charge in [0, 0.05) is 19.2 Å². The molecule has 1 N–H and O–H groups in total. The van der Waals surface area contributed by atoms with Crippen LogP contribution in [0.1, 0.15) is 12.0 Å². The zero-order valence-corrected chi connectivity index (χ0v) is 12.3. The Hall–Kier alpha value is -2.82. The van der Waals surface area contributed by atoms with Crippen molar-refractivity contribution >= 4 is 17.7 Å². The Morgan fingerprint density at radius 2 is 2.05 bits per heavy atom. The number of para-hydroxylation sites is 1. The third kappa shape index (κ3) is 3.09. The molecular weight excluding hydrogens is 278 g/mol. The number of rotatable bonds is 3. The number of ether oxygens (including phenoxy) is 1. The number of aromatic hydroxyl groups is 1. The number of anilines is 1. The predicted molar refractivity (Wildman–Crippen MR) is 88.1 cm³/mol. The van der Waals surface area contributed by atoms with Crippen LogP contribution in [0, 0.1) is 0 Å². The zero-order valence-electron chi connectivity index (χ0n) is 12.3. The molecule has 22 heavy (non-hydrogen) atoms. The molecule has 0 unspecified atom stereocenters. The predicted octanol–water partition coefficient (Wildman–Crippen LogP) is 3.04. The number of amidine groups is 1. The van der Waals surface area contributed by atoms with E-state index < -0.39 is 0 Å². The molecule has 0 fully saturated rings. The summed E-state index contributed by atoms with van der Waals surface area (Å²) in [5.74, 6) is 1.34. The molecule has 5 heteroatoms. The summed E-state index contributed by atoms with van der Waals surface area (Å²) in [5, 5.41) is 16.0. The van der Waals surface area contributed by atoms with Gasteiger partial charge in [-0.3, -0.25) is 5.01 Å². The Bertz CT molecular complexity index is 711. The normalized spacial score (nSPS) is 14.4. The monoisotopic (exact) mass is 295 g/mol. The highest BCUT2D eigenvalue weighted by Crippen LogP contribution is 2.25. The molecule has 2 aromatic rings. The molecule has 5 nitrogen and oxygen atoms in total. The highest BCUT2D eigenvalue weighted by molar-refractivity contribution is 5.96. The zero-order chi connectivity index (χ0) is 15.4. The molecule has 0 saturated carbocycles. The first-order chi connectivity index (χ1) is 10.8. The van der Waals surface area contributed by atoms with Crippen LogP contribution < -0.4 is 9.75 Å². The van der Waals surface area contributed by atoms with E-state index in [2.05, 4.69) is 10.1 Å². The summed E-state index contributed by atoms with van der Waals surface area (Å²) in [6.07, 6.45) is 2.54. The number of hydrazone groups is 1. The van der Waals surface area contributed by atoms with Crippen molar-refractivity contribution in [1.29, 1.82) is 0 Å². The summed E-state index contributed by atoms with van der Waals surface area (Å²) in [5.41, 5.74) is 1.93. The van der Waals surface area contributed by atoms with Crippen LogP contribution in [0.5, 0.6) is 11.5 Å². The molecule has 1 heterocycles. The van der Waals surface area contributed by atoms with Crippen LogP contribution in [0.4, 0.5) is 5.69 Å². The molecule has 0 bridgehead atoms. The summed E-state index contributed by atoms with van der Waals surface area (Å²) in [7, 11) is 1.52. The van der Waals surface area contributed by atoms with E-state index >= 15 is 0 Å². The van der Waals surface area contributed by atoms with Crippen LogP contribution in [-0.2, 0) is 0 Å². The average molecular weight is 295 g/mol. The third-order valence-corrected chi connectivity index (χ3v) is 3.40. The van der Waals surface area contributed by atoms with Gasteiger partial charge < -0.3 is 9.84 Å². The van der Waals surface area contributed by atoms with Crippen molar-refractivity contribution in [2.75, 3.05) is 18.7 Å². The van der Waals surface area contributed by atoms with Gasteiger partial charge in [0.2, 0.25) is 0 Å². The lowest BCUT2D eigenvalue weighted by atomic mass is 10.2. The van der Waals surface area contributed by atoms with E-state index in [4.69, 9.17) is 4.74 Å². The van der Waals surface area contributed by atoms with Gasteiger partial charge in [0.05, 0.1) is 12.8 Å². The lowest BCUT2D eigenvalue weighted by Crippen LogP contribution is -2.11. The van der Waals surface area contributed by atoms with Crippen molar-refractivity contribution in [2.24, 2.45) is 10.1 Å². The van der Waals surface area contributed by atoms with E-state index in [-0.39, 0.29) is 5.75 Å². The number of phenolic OH excluding ortho intramolecular Hbond substituents is 1. The van der Waals surface area contributed by atoms with Crippen LogP contribution >= 0.6 is 0 Å². The average Bonchev–Trinajstić information content (AvgIpc) is 3.04. The van der Waals surface area contributed by atoms with E-state index in [9.17, 15) is 5.11 Å². The van der Waals surface area contributed by atoms with E-state index in [1.165, 1.54) is 7.11 Å². The molecule has 0 radical (unpaired) electrons. The quantitative estimate of drug-likeness (QED) is 0.885. The highest BCUT2D eigenvalue weighted by atomic mass is 16.5. The van der Waals surface area contributed by atoms with Gasteiger partial charge in [-0.15, -0.1) is 0 Å². The maximum atomic E-state index is 9.58. The Morgan fingerprint density at radius 3 is 2.82 bits per heavy atom. The molecule has 0 saturated heterocycles. The topological polar surface area (TPSA) is 57.4 Å². The highest BCUT2D eigenvalue weighted by Gasteiger charge is 2.14. The summed E-state index contributed by atoms with van der Waals surface area (Å²) in [4.78, 5) is 4.42. The molecule has 0 atom stereocenters. The summed E-state index contributed by atoms with van der Waals surface area (Å²) >= 11 is 0. The van der Waals surface area contributed by atoms with Gasteiger partial charge in [0.1, 0.15) is 0 Å². The van der Waals surface area contributed by atoms with E-state index in [1.807, 2.05) is 35.3 Å². The van der Waals surface area contributed by atoms with Crippen molar-refractivity contribution in [3.63, 3.8) is 0 Å². The van der Waals surface area contributed by atoms with Gasteiger partial charge in [-0.25, -0.2) is 4.99 Å². The molecule has 0 aromatic heterocycles. The van der Waals surface area contributed by atoms with Crippen LogP contribution in [0.15, 0.2) is 58.6 Å². The second-order valence-electron chi connectivity index (χ2n) is 4.91. The molecule has 3 rings (SSSR count).